The summed E-state index contributed by atoms with van der Waals surface area (Å²) in [6, 6.07) is 20.3. The SMILES string of the molecule is C#Cc1cccc2cc(O)cc(-c3ncc4c(N5CC6CCC(C5)N6)nc(OCC5(CN6CCC(C(=O)N7CCN(Cc8ccc(N(C(=N)C(=O)NCC(F)(F)F)C(=N)c9ccc(O)c(C(C)C)c9)cc8)CC7)CC6)CC5)nc4c3F)c12.CO. The first-order chi connectivity index (χ1) is 40.3. The first-order valence-electron chi connectivity index (χ1n) is 28.5. The van der Waals surface area contributed by atoms with Gasteiger partial charge in [0.15, 0.2) is 11.7 Å². The second-order valence-corrected chi connectivity index (χ2v) is 23.0. The van der Waals surface area contributed by atoms with Crippen molar-refractivity contribution in [1.29, 1.82) is 10.8 Å². The Labute approximate surface area is 484 Å². The third kappa shape index (κ3) is 12.9. The number of phenols is 2. The van der Waals surface area contributed by atoms with Crippen molar-refractivity contribution < 1.29 is 47.2 Å². The average Bonchev–Trinajstić information content (AvgIpc) is 2.57. The minimum Gasteiger partial charge on any atom is -0.508 e. The van der Waals surface area contributed by atoms with Crippen LogP contribution in [0.15, 0.2) is 79.0 Å². The number of terminal acetylenes is 1. The summed E-state index contributed by atoms with van der Waals surface area (Å²) in [7, 11) is 1.00. The number of amides is 2. The molecule has 6 aromatic rings. The number of anilines is 2. The summed E-state index contributed by atoms with van der Waals surface area (Å²) in [4.78, 5) is 51.0. The minimum absolute atomic E-state index is 0.00834. The fraction of sp³-hybridized carbons (Fsp3) is 0.435. The number of piperazine rings is 2. The van der Waals surface area contributed by atoms with E-state index in [1.54, 1.807) is 60.0 Å². The zero-order valence-corrected chi connectivity index (χ0v) is 47.3. The lowest BCUT2D eigenvalue weighted by Crippen LogP contribution is -2.51. The molecule has 2 unspecified atom stereocenters. The summed E-state index contributed by atoms with van der Waals surface area (Å²) in [5.74, 6) is 0.00309. The molecule has 11 rings (SSSR count). The molecule has 2 bridgehead atoms. The number of benzene rings is 4. The number of aromatic nitrogens is 3. The average molecular weight is 1160 g/mol. The highest BCUT2D eigenvalue weighted by Crippen LogP contribution is 2.47. The van der Waals surface area contributed by atoms with E-state index in [1.807, 2.05) is 24.8 Å². The van der Waals surface area contributed by atoms with Gasteiger partial charge in [0.2, 0.25) is 5.91 Å². The molecule has 5 fully saturated rings. The van der Waals surface area contributed by atoms with Crippen LogP contribution < -0.4 is 25.2 Å². The molecule has 7 N–H and O–H groups in total. The maximum atomic E-state index is 17.2. The molecule has 0 spiro atoms. The fourth-order valence-electron chi connectivity index (χ4n) is 12.2. The number of rotatable bonds is 14. The second kappa shape index (κ2) is 24.7. The topological polar surface area (TPSA) is 231 Å². The Morgan fingerprint density at radius 3 is 2.27 bits per heavy atom. The largest absolute Gasteiger partial charge is 0.508 e. The van der Waals surface area contributed by atoms with E-state index in [2.05, 4.69) is 30.9 Å². The predicted molar refractivity (Wildman–Crippen MR) is 313 cm³/mol. The van der Waals surface area contributed by atoms with Gasteiger partial charge < -0.3 is 45.4 Å². The number of likely N-dealkylation sites (tertiary alicyclic amines) is 1. The Morgan fingerprint density at radius 1 is 0.917 bits per heavy atom. The lowest BCUT2D eigenvalue weighted by atomic mass is 9.94. The molecule has 4 aliphatic heterocycles. The van der Waals surface area contributed by atoms with Crippen molar-refractivity contribution in [3.05, 3.63) is 107 Å². The zero-order chi connectivity index (χ0) is 59.6. The number of carbonyl (C=O) groups excluding carboxylic acids is 2. The second-order valence-electron chi connectivity index (χ2n) is 23.0. The maximum absolute atomic E-state index is 17.2. The van der Waals surface area contributed by atoms with Gasteiger partial charge in [-0.15, -0.1) is 6.42 Å². The third-order valence-corrected chi connectivity index (χ3v) is 16.8. The summed E-state index contributed by atoms with van der Waals surface area (Å²) < 4.78 is 62.8. The quantitative estimate of drug-likeness (QED) is 0.0239. The number of amidine groups is 2. The molecule has 442 valence electrons. The molecule has 1 aliphatic carbocycles. The van der Waals surface area contributed by atoms with Gasteiger partial charge in [-0.3, -0.25) is 35.2 Å². The van der Waals surface area contributed by atoms with Crippen LogP contribution in [0.1, 0.15) is 80.5 Å². The van der Waals surface area contributed by atoms with E-state index in [-0.39, 0.29) is 81.0 Å². The van der Waals surface area contributed by atoms with Gasteiger partial charge in [0.25, 0.3) is 5.91 Å². The number of aliphatic hydroxyl groups is 1. The van der Waals surface area contributed by atoms with Crippen molar-refractivity contribution in [2.45, 2.75) is 83.1 Å². The molecule has 22 heteroatoms. The molecule has 4 aromatic carbocycles. The highest BCUT2D eigenvalue weighted by molar-refractivity contribution is 6.48. The first kappa shape index (κ1) is 59.2. The van der Waals surface area contributed by atoms with Gasteiger partial charge in [0.1, 0.15) is 40.9 Å². The van der Waals surface area contributed by atoms with Crippen LogP contribution in [0.3, 0.4) is 0 Å². The summed E-state index contributed by atoms with van der Waals surface area (Å²) in [5.41, 5.74) is 2.75. The van der Waals surface area contributed by atoms with Gasteiger partial charge in [0, 0.05) is 117 Å². The zero-order valence-electron chi connectivity index (χ0n) is 47.3. The number of nitrogens with zero attached hydrogens (tertiary/aromatic N) is 8. The number of hydrogen-bond acceptors (Lipinski definition) is 15. The van der Waals surface area contributed by atoms with E-state index in [4.69, 9.17) is 37.1 Å². The van der Waals surface area contributed by atoms with Crippen molar-refractivity contribution in [3.8, 4) is 41.1 Å². The lowest BCUT2D eigenvalue weighted by Gasteiger charge is -2.39. The molecular weight excluding hydrogens is 1080 g/mol. The van der Waals surface area contributed by atoms with E-state index >= 15 is 4.39 Å². The Morgan fingerprint density at radius 2 is 1.62 bits per heavy atom. The lowest BCUT2D eigenvalue weighted by molar-refractivity contribution is -0.139. The van der Waals surface area contributed by atoms with Crippen LogP contribution in [-0.2, 0) is 16.1 Å². The number of alkyl halides is 3. The molecule has 2 atom stereocenters. The minimum atomic E-state index is -4.70. The first-order valence-corrected chi connectivity index (χ1v) is 28.5. The number of phenolic OH excluding ortho intramolecular Hbond substituents is 2. The fourth-order valence-corrected chi connectivity index (χ4v) is 12.2. The molecule has 2 amide bonds. The maximum Gasteiger partial charge on any atom is 0.405 e. The molecule has 6 heterocycles. The van der Waals surface area contributed by atoms with Crippen LogP contribution in [0.2, 0.25) is 0 Å². The monoisotopic (exact) mass is 1150 g/mol. The van der Waals surface area contributed by atoms with Gasteiger partial charge >= 0.3 is 12.2 Å². The molecular formula is C62H70F4N12O6. The molecule has 2 aromatic heterocycles. The van der Waals surface area contributed by atoms with Gasteiger partial charge in [-0.05, 0) is 123 Å². The summed E-state index contributed by atoms with van der Waals surface area (Å²) >= 11 is 0. The van der Waals surface area contributed by atoms with Crippen molar-refractivity contribution in [1.82, 2.24) is 40.3 Å². The number of hydrogen-bond donors (Lipinski definition) is 7. The Bertz CT molecular complexity index is 3490. The smallest absolute Gasteiger partial charge is 0.405 e. The van der Waals surface area contributed by atoms with E-state index in [9.17, 15) is 33.0 Å². The van der Waals surface area contributed by atoms with Crippen LogP contribution in [-0.4, -0.2) is 166 Å². The molecule has 5 aliphatic rings. The Kier molecular flexibility index (Phi) is 17.4. The number of pyridine rings is 1. The van der Waals surface area contributed by atoms with E-state index < -0.39 is 30.3 Å². The van der Waals surface area contributed by atoms with Crippen molar-refractivity contribution in [2.24, 2.45) is 11.3 Å². The summed E-state index contributed by atoms with van der Waals surface area (Å²) in [6.07, 6.45) is 8.28. The van der Waals surface area contributed by atoms with E-state index in [1.165, 1.54) is 18.2 Å². The van der Waals surface area contributed by atoms with Crippen LogP contribution >= 0.6 is 0 Å². The van der Waals surface area contributed by atoms with Crippen molar-refractivity contribution >= 4 is 56.7 Å². The van der Waals surface area contributed by atoms with Crippen LogP contribution in [0, 0.1) is 40.3 Å². The van der Waals surface area contributed by atoms with Gasteiger partial charge in [-0.1, -0.05) is 44.0 Å². The number of fused-ring (bicyclic) bond motifs is 4. The number of piperidine rings is 1. The molecule has 18 nitrogen and oxygen atoms in total. The molecule has 0 radical (unpaired) electrons. The Hall–Kier alpha value is -7.97. The number of aromatic hydroxyl groups is 2. The Balaban J connectivity index is 0.00000389. The normalized spacial score (nSPS) is 19.0. The van der Waals surface area contributed by atoms with E-state index in [0.29, 0.717) is 91.1 Å². The number of aliphatic hydroxyl groups excluding tert-OH is 1. The highest BCUT2D eigenvalue weighted by Gasteiger charge is 2.46. The number of nitrogens with one attached hydrogen (secondary N) is 4. The highest BCUT2D eigenvalue weighted by atomic mass is 19.4. The van der Waals surface area contributed by atoms with Crippen LogP contribution in [0.25, 0.3) is 32.9 Å². The summed E-state index contributed by atoms with van der Waals surface area (Å²) in [6.45, 7) is 9.08. The predicted octanol–water partition coefficient (Wildman–Crippen LogP) is 7.75. The van der Waals surface area contributed by atoms with Crippen LogP contribution in [0.5, 0.6) is 17.5 Å². The van der Waals surface area contributed by atoms with Gasteiger partial charge in [-0.2, -0.15) is 23.1 Å². The third-order valence-electron chi connectivity index (χ3n) is 16.8. The standard InChI is InChI=1S/C61H66F4N12O5.CH4O/c1-4-38-6-5-7-40-26-45(78)28-47(50(38)40)52-51(62)53-48(29-68-52)56(76-31-42-11-12-43(32-76)70-42)72-59(71-53)82-35-60(18-19-60)34-74-20-16-39(17-21-74)58(81)75-24-22-73(23-25-75)30-37-8-13-44(14-9-37)77(55(67)57(80)69-33-61(63,64)65)54(66)41-10-15-49(79)46(27-41)36(2)3;1-2/h1,5-10,13-15,26-29,36,39,42-43,66-67,70,78-79H,11-12,16-25,30-35H2,2-3H3,(H,69,80);2H,1H3. The summed E-state index contributed by atoms with van der Waals surface area (Å²) in [5, 5.41) is 52.9. The number of carbonyl (C=O) groups is 2. The van der Waals surface area contributed by atoms with Gasteiger partial charge in [-0.25, -0.2) is 4.39 Å². The number of halogens is 4. The van der Waals surface area contributed by atoms with Crippen molar-refractivity contribution in [3.63, 3.8) is 0 Å². The molecule has 1 saturated carbocycles. The van der Waals surface area contributed by atoms with Gasteiger partial charge in [0.05, 0.1) is 12.0 Å². The van der Waals surface area contributed by atoms with Crippen LogP contribution in [0.4, 0.5) is 29.1 Å². The molecule has 84 heavy (non-hydrogen) atoms. The molecule has 4 saturated heterocycles. The number of ether oxygens (including phenoxy) is 1. The van der Waals surface area contributed by atoms with Crippen molar-refractivity contribution in [2.75, 3.05) is 89.0 Å². The van der Waals surface area contributed by atoms with E-state index in [0.717, 1.165) is 75.7 Å².